The Balaban J connectivity index is 2.38. The molecule has 0 saturated heterocycles. The van der Waals surface area contributed by atoms with E-state index < -0.39 is 23.3 Å². The molecule has 1 aliphatic heterocycles. The van der Waals surface area contributed by atoms with Crippen LogP contribution < -0.4 is 0 Å². The van der Waals surface area contributed by atoms with Crippen LogP contribution in [0.5, 0.6) is 0 Å². The summed E-state index contributed by atoms with van der Waals surface area (Å²) >= 11 is 0. The van der Waals surface area contributed by atoms with Gasteiger partial charge in [-0.1, -0.05) is 19.8 Å². The van der Waals surface area contributed by atoms with Gasteiger partial charge in [0, 0.05) is 12.2 Å². The Morgan fingerprint density at radius 1 is 1.41 bits per heavy atom. The van der Waals surface area contributed by atoms with Crippen molar-refractivity contribution in [2.45, 2.75) is 38.1 Å². The number of hydrogen-bond donors (Lipinski definition) is 1. The van der Waals surface area contributed by atoms with Crippen molar-refractivity contribution in [1.29, 1.82) is 0 Å². The van der Waals surface area contributed by atoms with Crippen LogP contribution in [0.3, 0.4) is 0 Å². The Labute approximate surface area is 99.1 Å². The minimum absolute atomic E-state index is 0.209. The molecule has 17 heavy (non-hydrogen) atoms. The summed E-state index contributed by atoms with van der Waals surface area (Å²) in [4.78, 5) is 35.8. The van der Waals surface area contributed by atoms with Crippen molar-refractivity contribution >= 4 is 17.8 Å². The lowest BCUT2D eigenvalue weighted by atomic mass is 9.75. The van der Waals surface area contributed by atoms with Gasteiger partial charge in [0.2, 0.25) is 0 Å². The number of carbonyl (C=O) groups is 3. The van der Waals surface area contributed by atoms with Crippen LogP contribution in [-0.2, 0) is 14.4 Å². The minimum Gasteiger partial charge on any atom is -0.479 e. The van der Waals surface area contributed by atoms with Crippen molar-refractivity contribution in [1.82, 2.24) is 4.90 Å². The van der Waals surface area contributed by atoms with Gasteiger partial charge in [0.1, 0.15) is 5.54 Å². The van der Waals surface area contributed by atoms with Crippen molar-refractivity contribution in [2.24, 2.45) is 5.92 Å². The molecule has 0 aromatic rings. The first-order valence-electron chi connectivity index (χ1n) is 5.77. The van der Waals surface area contributed by atoms with Gasteiger partial charge in [0.15, 0.2) is 0 Å². The molecular weight excluding hydrogens is 222 g/mol. The Hall–Kier alpha value is -1.65. The summed E-state index contributed by atoms with van der Waals surface area (Å²) in [5, 5.41) is 9.43. The minimum atomic E-state index is -1.34. The summed E-state index contributed by atoms with van der Waals surface area (Å²) in [7, 11) is 0. The van der Waals surface area contributed by atoms with Gasteiger partial charge in [-0.25, -0.2) is 4.79 Å². The summed E-state index contributed by atoms with van der Waals surface area (Å²) < 4.78 is 0. The Morgan fingerprint density at radius 3 is 2.47 bits per heavy atom. The molecule has 1 N–H and O–H groups in total. The molecule has 2 amide bonds. The van der Waals surface area contributed by atoms with Crippen molar-refractivity contribution < 1.29 is 19.5 Å². The molecule has 2 atom stereocenters. The SMILES string of the molecule is CC1CCCC(C(=O)O)(N2C(=O)C=CC2=O)C1. The van der Waals surface area contributed by atoms with Crippen LogP contribution in [-0.4, -0.2) is 33.3 Å². The predicted octanol–water partition coefficient (Wildman–Crippen LogP) is 0.945. The highest BCUT2D eigenvalue weighted by Gasteiger charge is 2.52. The molecule has 2 aliphatic rings. The van der Waals surface area contributed by atoms with Gasteiger partial charge >= 0.3 is 5.97 Å². The number of carbonyl (C=O) groups excluding carboxylic acids is 2. The van der Waals surface area contributed by atoms with E-state index in [1.807, 2.05) is 6.92 Å². The number of carboxylic acid groups (broad SMARTS) is 1. The number of carboxylic acids is 1. The molecule has 92 valence electrons. The maximum absolute atomic E-state index is 11.7. The lowest BCUT2D eigenvalue weighted by molar-refractivity contribution is -0.165. The van der Waals surface area contributed by atoms with Gasteiger partial charge < -0.3 is 5.11 Å². The molecule has 1 heterocycles. The summed E-state index contributed by atoms with van der Waals surface area (Å²) in [6.45, 7) is 1.95. The van der Waals surface area contributed by atoms with E-state index in [1.165, 1.54) is 0 Å². The first kappa shape index (κ1) is 11.8. The zero-order valence-corrected chi connectivity index (χ0v) is 9.68. The van der Waals surface area contributed by atoms with Crippen molar-refractivity contribution in [3.05, 3.63) is 12.2 Å². The molecule has 5 nitrogen and oxygen atoms in total. The second kappa shape index (κ2) is 3.98. The molecule has 0 spiro atoms. The fraction of sp³-hybridized carbons (Fsp3) is 0.583. The zero-order chi connectivity index (χ0) is 12.6. The monoisotopic (exact) mass is 237 g/mol. The zero-order valence-electron chi connectivity index (χ0n) is 9.68. The molecule has 2 rings (SSSR count). The summed E-state index contributed by atoms with van der Waals surface area (Å²) in [5.41, 5.74) is -1.34. The fourth-order valence-electron chi connectivity index (χ4n) is 2.84. The third-order valence-corrected chi connectivity index (χ3v) is 3.61. The molecular formula is C12H15NO4. The van der Waals surface area contributed by atoms with E-state index >= 15 is 0 Å². The van der Waals surface area contributed by atoms with E-state index in [0.29, 0.717) is 12.8 Å². The van der Waals surface area contributed by atoms with Crippen molar-refractivity contribution in [3.63, 3.8) is 0 Å². The molecule has 1 saturated carbocycles. The van der Waals surface area contributed by atoms with Crippen LogP contribution in [0, 0.1) is 5.92 Å². The first-order valence-corrected chi connectivity index (χ1v) is 5.77. The Kier molecular flexibility index (Phi) is 2.77. The standard InChI is InChI=1S/C12H15NO4/c1-8-3-2-6-12(7-8,11(16)17)13-9(14)4-5-10(13)15/h4-5,8H,2-3,6-7H2,1H3,(H,16,17). The molecule has 1 fully saturated rings. The van der Waals surface area contributed by atoms with Crippen molar-refractivity contribution in [3.8, 4) is 0 Å². The lowest BCUT2D eigenvalue weighted by Crippen LogP contribution is -2.59. The molecule has 0 aromatic carbocycles. The number of aliphatic carboxylic acids is 1. The van der Waals surface area contributed by atoms with Crippen LogP contribution in [0.2, 0.25) is 0 Å². The highest BCUT2D eigenvalue weighted by molar-refractivity contribution is 6.15. The van der Waals surface area contributed by atoms with Crippen LogP contribution in [0.1, 0.15) is 32.6 Å². The molecule has 1 aliphatic carbocycles. The second-order valence-corrected chi connectivity index (χ2v) is 4.88. The van der Waals surface area contributed by atoms with Gasteiger partial charge in [0.05, 0.1) is 0 Å². The average molecular weight is 237 g/mol. The maximum atomic E-state index is 11.7. The second-order valence-electron chi connectivity index (χ2n) is 4.88. The Morgan fingerprint density at radius 2 is 2.00 bits per heavy atom. The topological polar surface area (TPSA) is 74.7 Å². The third-order valence-electron chi connectivity index (χ3n) is 3.61. The van der Waals surface area contributed by atoms with Crippen LogP contribution in [0.4, 0.5) is 0 Å². The smallest absolute Gasteiger partial charge is 0.330 e. The molecule has 0 bridgehead atoms. The van der Waals surface area contributed by atoms with E-state index in [4.69, 9.17) is 0 Å². The number of nitrogens with zero attached hydrogens (tertiary/aromatic N) is 1. The van der Waals surface area contributed by atoms with Crippen molar-refractivity contribution in [2.75, 3.05) is 0 Å². The lowest BCUT2D eigenvalue weighted by Gasteiger charge is -2.41. The molecule has 0 aromatic heterocycles. The average Bonchev–Trinajstić information content (AvgIpc) is 2.58. The van der Waals surface area contributed by atoms with Gasteiger partial charge in [-0.15, -0.1) is 0 Å². The first-order chi connectivity index (χ1) is 7.97. The quantitative estimate of drug-likeness (QED) is 0.725. The van der Waals surface area contributed by atoms with Gasteiger partial charge in [0.25, 0.3) is 11.8 Å². The highest BCUT2D eigenvalue weighted by Crippen LogP contribution is 2.38. The van der Waals surface area contributed by atoms with E-state index in [1.54, 1.807) is 0 Å². The van der Waals surface area contributed by atoms with Crippen LogP contribution >= 0.6 is 0 Å². The third kappa shape index (κ3) is 1.75. The summed E-state index contributed by atoms with van der Waals surface area (Å²) in [6, 6.07) is 0. The number of hydrogen-bond acceptors (Lipinski definition) is 3. The van der Waals surface area contributed by atoms with Gasteiger partial charge in [-0.05, 0) is 18.8 Å². The molecule has 5 heteroatoms. The van der Waals surface area contributed by atoms with Gasteiger partial charge in [-0.2, -0.15) is 0 Å². The highest BCUT2D eigenvalue weighted by atomic mass is 16.4. The fourth-order valence-corrected chi connectivity index (χ4v) is 2.84. The number of amides is 2. The molecule has 2 unspecified atom stereocenters. The van der Waals surface area contributed by atoms with E-state index in [2.05, 4.69) is 0 Å². The van der Waals surface area contributed by atoms with Crippen LogP contribution in [0.15, 0.2) is 12.2 Å². The van der Waals surface area contributed by atoms with Crippen LogP contribution in [0.25, 0.3) is 0 Å². The van der Waals surface area contributed by atoms with E-state index in [9.17, 15) is 19.5 Å². The van der Waals surface area contributed by atoms with E-state index in [-0.39, 0.29) is 5.92 Å². The normalized spacial score (nSPS) is 33.2. The summed E-state index contributed by atoms with van der Waals surface area (Å²) in [6.07, 6.45) is 4.66. The predicted molar refractivity (Wildman–Crippen MR) is 59.0 cm³/mol. The van der Waals surface area contributed by atoms with Gasteiger partial charge in [-0.3, -0.25) is 14.5 Å². The molecule has 0 radical (unpaired) electrons. The van der Waals surface area contributed by atoms with E-state index in [0.717, 1.165) is 29.9 Å². The Bertz CT molecular complexity index is 397. The maximum Gasteiger partial charge on any atom is 0.330 e. The number of rotatable bonds is 2. The largest absolute Gasteiger partial charge is 0.479 e. The summed E-state index contributed by atoms with van der Waals surface area (Å²) in [5.74, 6) is -1.88. The number of imide groups is 1.